The van der Waals surface area contributed by atoms with Gasteiger partial charge in [-0.15, -0.1) is 0 Å². The fourth-order valence-electron chi connectivity index (χ4n) is 2.37. The molecule has 0 aliphatic rings. The average molecular weight is 290 g/mol. The van der Waals surface area contributed by atoms with Gasteiger partial charge in [-0.1, -0.05) is 32.9 Å². The van der Waals surface area contributed by atoms with Crippen LogP contribution in [-0.4, -0.2) is 16.7 Å². The number of imidazole rings is 1. The Kier molecular flexibility index (Phi) is 4.04. The molecule has 4 heteroatoms. The Morgan fingerprint density at radius 1 is 1.20 bits per heavy atom. The quantitative estimate of drug-likeness (QED) is 0.846. The van der Waals surface area contributed by atoms with Gasteiger partial charge in [0.05, 0.1) is 13.2 Å². The molecule has 0 fully saturated rings. The molecule has 108 valence electrons. The van der Waals surface area contributed by atoms with Gasteiger partial charge in [0.1, 0.15) is 5.75 Å². The van der Waals surface area contributed by atoms with Crippen LogP contribution in [0.3, 0.4) is 0 Å². The van der Waals surface area contributed by atoms with Crippen molar-refractivity contribution in [2.45, 2.75) is 39.2 Å². The zero-order valence-electron chi connectivity index (χ0n) is 12.7. The highest BCUT2D eigenvalue weighted by atomic mass is 32.1. The largest absolute Gasteiger partial charge is 0.497 e. The molecule has 3 nitrogen and oxygen atoms in total. The first kappa shape index (κ1) is 14.9. The van der Waals surface area contributed by atoms with E-state index in [1.54, 1.807) is 7.11 Å². The molecule has 2 rings (SSSR count). The molecule has 20 heavy (non-hydrogen) atoms. The topological polar surface area (TPSA) is 29.9 Å². The molecule has 0 radical (unpaired) electrons. The molecule has 0 saturated heterocycles. The van der Waals surface area contributed by atoms with Gasteiger partial charge in [0.25, 0.3) is 0 Å². The van der Waals surface area contributed by atoms with Crippen molar-refractivity contribution in [1.82, 2.24) is 9.55 Å². The lowest BCUT2D eigenvalue weighted by Gasteiger charge is -2.25. The summed E-state index contributed by atoms with van der Waals surface area (Å²) in [6, 6.07) is 8.33. The summed E-state index contributed by atoms with van der Waals surface area (Å²) in [5.41, 5.74) is 2.48. The second kappa shape index (κ2) is 5.44. The molecule has 0 aliphatic heterocycles. The molecule has 1 aromatic carbocycles. The lowest BCUT2D eigenvalue weighted by Crippen LogP contribution is -2.20. The fraction of sp³-hybridized carbons (Fsp3) is 0.438. The van der Waals surface area contributed by atoms with Crippen LogP contribution >= 0.6 is 12.2 Å². The summed E-state index contributed by atoms with van der Waals surface area (Å²) in [5, 5.41) is 0. The summed E-state index contributed by atoms with van der Waals surface area (Å²) < 4.78 is 8.16. The van der Waals surface area contributed by atoms with E-state index in [1.807, 2.05) is 18.3 Å². The maximum atomic E-state index is 5.45. The Morgan fingerprint density at radius 3 is 2.30 bits per heavy atom. The normalized spacial score (nSPS) is 13.2. The Bertz CT molecular complexity index is 632. The molecule has 0 spiro atoms. The molecular weight excluding hydrogens is 268 g/mol. The number of rotatable bonds is 3. The Labute approximate surface area is 125 Å². The molecule has 1 unspecified atom stereocenters. The number of methoxy groups -OCH3 is 1. The monoisotopic (exact) mass is 290 g/mol. The second-order valence-electron chi connectivity index (χ2n) is 6.05. The van der Waals surface area contributed by atoms with Crippen molar-refractivity contribution in [1.29, 1.82) is 0 Å². The highest BCUT2D eigenvalue weighted by molar-refractivity contribution is 7.71. The number of hydrogen-bond donors (Lipinski definition) is 1. The van der Waals surface area contributed by atoms with Crippen molar-refractivity contribution in [3.05, 3.63) is 46.5 Å². The smallest absolute Gasteiger partial charge is 0.177 e. The van der Waals surface area contributed by atoms with E-state index in [4.69, 9.17) is 17.0 Å². The Morgan fingerprint density at radius 2 is 1.80 bits per heavy atom. The van der Waals surface area contributed by atoms with E-state index < -0.39 is 0 Å². The van der Waals surface area contributed by atoms with Crippen LogP contribution < -0.4 is 4.74 Å². The number of benzene rings is 1. The second-order valence-corrected chi connectivity index (χ2v) is 6.43. The lowest BCUT2D eigenvalue weighted by molar-refractivity contribution is 0.414. The number of nitrogens with one attached hydrogen (secondary N) is 1. The first-order valence-electron chi connectivity index (χ1n) is 6.79. The maximum absolute atomic E-state index is 5.45. The molecule has 1 heterocycles. The lowest BCUT2D eigenvalue weighted by atomic mass is 9.92. The number of hydrogen-bond acceptors (Lipinski definition) is 2. The minimum atomic E-state index is 0.0499. The van der Waals surface area contributed by atoms with Crippen molar-refractivity contribution >= 4 is 12.2 Å². The molecule has 0 saturated carbocycles. The van der Waals surface area contributed by atoms with Crippen LogP contribution in [0.5, 0.6) is 5.75 Å². The number of H-pyrrole nitrogens is 1. The number of aromatic amines is 1. The zero-order chi connectivity index (χ0) is 14.9. The van der Waals surface area contributed by atoms with Gasteiger partial charge in [0, 0.05) is 17.3 Å². The number of ether oxygens (including phenoxy) is 1. The van der Waals surface area contributed by atoms with Crippen LogP contribution in [0.25, 0.3) is 0 Å². The summed E-state index contributed by atoms with van der Waals surface area (Å²) in [6.45, 7) is 8.76. The first-order chi connectivity index (χ1) is 9.34. The van der Waals surface area contributed by atoms with Gasteiger partial charge in [-0.25, -0.2) is 0 Å². The van der Waals surface area contributed by atoms with Crippen LogP contribution in [0, 0.1) is 4.77 Å². The number of nitrogens with zero attached hydrogens (tertiary/aromatic N) is 1. The van der Waals surface area contributed by atoms with Crippen LogP contribution in [0.4, 0.5) is 0 Å². The van der Waals surface area contributed by atoms with Gasteiger partial charge >= 0.3 is 0 Å². The fourth-order valence-corrected chi connectivity index (χ4v) is 2.69. The average Bonchev–Trinajstić information content (AvgIpc) is 2.80. The first-order valence-corrected chi connectivity index (χ1v) is 7.19. The minimum absolute atomic E-state index is 0.0499. The van der Waals surface area contributed by atoms with Crippen LogP contribution in [0.1, 0.15) is 45.0 Å². The van der Waals surface area contributed by atoms with Crippen molar-refractivity contribution in [3.63, 3.8) is 0 Å². The van der Waals surface area contributed by atoms with Crippen molar-refractivity contribution < 1.29 is 4.74 Å². The van der Waals surface area contributed by atoms with Crippen molar-refractivity contribution in [2.24, 2.45) is 0 Å². The van der Waals surface area contributed by atoms with E-state index in [1.165, 1.54) is 11.3 Å². The van der Waals surface area contributed by atoms with Crippen LogP contribution in [0.15, 0.2) is 30.5 Å². The molecule has 0 bridgehead atoms. The van der Waals surface area contributed by atoms with E-state index in [0.717, 1.165) is 10.5 Å². The maximum Gasteiger partial charge on any atom is 0.177 e. The molecule has 2 aromatic rings. The van der Waals surface area contributed by atoms with E-state index in [-0.39, 0.29) is 11.5 Å². The van der Waals surface area contributed by atoms with Crippen LogP contribution in [-0.2, 0) is 5.41 Å². The van der Waals surface area contributed by atoms with Gasteiger partial charge in [-0.3, -0.25) is 0 Å². The summed E-state index contributed by atoms with van der Waals surface area (Å²) in [4.78, 5) is 3.17. The molecule has 1 aromatic heterocycles. The standard InChI is InChI=1S/C16H22N2OS/c1-11(12-6-8-13(19-5)9-7-12)18-14(16(2,3)4)10-17-15(18)20/h6-11H,1-5H3,(H,17,20). The van der Waals surface area contributed by atoms with Crippen molar-refractivity contribution in [2.75, 3.05) is 7.11 Å². The number of aromatic nitrogens is 2. The predicted octanol–water partition coefficient (Wildman–Crippen LogP) is 4.46. The summed E-state index contributed by atoms with van der Waals surface area (Å²) >= 11 is 5.45. The van der Waals surface area contributed by atoms with E-state index in [9.17, 15) is 0 Å². The van der Waals surface area contributed by atoms with Gasteiger partial charge in [0.2, 0.25) is 0 Å². The van der Waals surface area contributed by atoms with Gasteiger partial charge in [-0.05, 0) is 36.8 Å². The van der Waals surface area contributed by atoms with E-state index in [2.05, 4.69) is 49.4 Å². The van der Waals surface area contributed by atoms with Gasteiger partial charge < -0.3 is 14.3 Å². The van der Waals surface area contributed by atoms with Crippen LogP contribution in [0.2, 0.25) is 0 Å². The molecule has 1 N–H and O–H groups in total. The molecular formula is C16H22N2OS. The third kappa shape index (κ3) is 2.80. The third-order valence-corrected chi connectivity index (χ3v) is 3.88. The highest BCUT2D eigenvalue weighted by Gasteiger charge is 2.22. The summed E-state index contributed by atoms with van der Waals surface area (Å²) in [7, 11) is 1.68. The molecule has 0 aliphatic carbocycles. The summed E-state index contributed by atoms with van der Waals surface area (Å²) in [6.07, 6.45) is 2.02. The van der Waals surface area contributed by atoms with Gasteiger partial charge in [0.15, 0.2) is 4.77 Å². The third-order valence-electron chi connectivity index (χ3n) is 3.56. The minimum Gasteiger partial charge on any atom is -0.497 e. The van der Waals surface area contributed by atoms with E-state index in [0.29, 0.717) is 0 Å². The van der Waals surface area contributed by atoms with Gasteiger partial charge in [-0.2, -0.15) is 0 Å². The van der Waals surface area contributed by atoms with E-state index >= 15 is 0 Å². The molecule has 0 amide bonds. The predicted molar refractivity (Wildman–Crippen MR) is 85.1 cm³/mol. The summed E-state index contributed by atoms with van der Waals surface area (Å²) in [5.74, 6) is 0.870. The SMILES string of the molecule is COc1ccc(C(C)n2c(C(C)(C)C)c[nH]c2=S)cc1. The Hall–Kier alpha value is -1.55. The molecule has 1 atom stereocenters. The zero-order valence-corrected chi connectivity index (χ0v) is 13.5. The Balaban J connectivity index is 2.45. The highest BCUT2D eigenvalue weighted by Crippen LogP contribution is 2.29. The van der Waals surface area contributed by atoms with Crippen molar-refractivity contribution in [3.8, 4) is 5.75 Å².